The Balaban J connectivity index is 1.18. The van der Waals surface area contributed by atoms with Crippen molar-refractivity contribution in [3.8, 4) is 11.3 Å². The van der Waals surface area contributed by atoms with Gasteiger partial charge in [-0.15, -0.1) is 11.8 Å². The molecule has 0 saturated carbocycles. The van der Waals surface area contributed by atoms with Crippen LogP contribution < -0.4 is 0 Å². The third-order valence-corrected chi connectivity index (χ3v) is 13.1. The van der Waals surface area contributed by atoms with Gasteiger partial charge in [-0.2, -0.15) is 22.6 Å². The predicted molar refractivity (Wildman–Crippen MR) is 191 cm³/mol. The molecule has 5 heterocycles. The number of piperidine rings is 1. The first-order chi connectivity index (χ1) is 24.2. The number of likely N-dealkylation sites (tertiary alicyclic amines) is 2. The summed E-state index contributed by atoms with van der Waals surface area (Å²) in [6, 6.07) is 4.59. The number of carbonyl (C=O) groups is 2. The number of thioether (sulfide) groups is 1. The third-order valence-electron chi connectivity index (χ3n) is 10.8. The van der Waals surface area contributed by atoms with Gasteiger partial charge in [0, 0.05) is 112 Å². The number of benzene rings is 1. The molecule has 0 radical (unpaired) electrons. The molecular formula is C35H50F3N7O4S2. The van der Waals surface area contributed by atoms with Crippen LogP contribution in [-0.2, 0) is 45.3 Å². The molecule has 0 bridgehead atoms. The van der Waals surface area contributed by atoms with E-state index in [0.717, 1.165) is 94.7 Å². The summed E-state index contributed by atoms with van der Waals surface area (Å²) < 4.78 is 71.1. The number of aromatic nitrogens is 2. The zero-order valence-electron chi connectivity index (χ0n) is 29.8. The summed E-state index contributed by atoms with van der Waals surface area (Å²) in [4.78, 5) is 33.7. The van der Waals surface area contributed by atoms with E-state index in [1.54, 1.807) is 4.90 Å². The van der Waals surface area contributed by atoms with Crippen LogP contribution in [0.25, 0.3) is 11.3 Å². The Labute approximate surface area is 303 Å². The number of fused-ring (bicyclic) bond motifs is 1. The van der Waals surface area contributed by atoms with Crippen molar-refractivity contribution in [1.29, 1.82) is 0 Å². The van der Waals surface area contributed by atoms with E-state index in [1.165, 1.54) is 16.4 Å². The van der Waals surface area contributed by atoms with Crippen molar-refractivity contribution in [2.24, 2.45) is 0 Å². The molecule has 1 aromatic heterocycles. The van der Waals surface area contributed by atoms with Crippen LogP contribution in [0.4, 0.5) is 13.2 Å². The van der Waals surface area contributed by atoms with Crippen LogP contribution in [0.15, 0.2) is 23.1 Å². The first-order valence-electron chi connectivity index (χ1n) is 18.1. The minimum absolute atomic E-state index is 0.0488. The minimum atomic E-state index is -4.61. The monoisotopic (exact) mass is 753 g/mol. The molecule has 0 aliphatic carbocycles. The fourth-order valence-electron chi connectivity index (χ4n) is 7.86. The molecule has 0 atom stereocenters. The Hall–Kier alpha value is -2.66. The Morgan fingerprint density at radius 1 is 1.00 bits per heavy atom. The van der Waals surface area contributed by atoms with E-state index >= 15 is 0 Å². The SMILES string of the molecule is CC(C)N1CCN(C(=O)CSc2cc(-c3nn(CCCN4CCC(N5CCCC5=O)CC4)c4c3CN(S(C)(=O)=O)CC4)ccc2C(F)(F)F)CC1. The number of sulfonamides is 1. The number of hydrogen-bond donors (Lipinski definition) is 0. The number of alkyl halides is 3. The standard InChI is InChI=1S/C35H50F3N7O4S2/c1-25(2)41-18-20-42(21-19-41)33(47)24-50-31-22-26(7-8-29(31)35(36,37)38)34-28-23-43(51(3,48)49)17-11-30(28)45(39-34)14-5-12-40-15-9-27(10-16-40)44-13-4-6-32(44)46/h7-8,22,25,27H,4-6,9-21,23-24H2,1-3H3. The molecule has 0 unspecified atom stereocenters. The molecule has 0 N–H and O–H groups in total. The van der Waals surface area contributed by atoms with Crippen LogP contribution in [0.3, 0.4) is 0 Å². The number of halogens is 3. The van der Waals surface area contributed by atoms with Gasteiger partial charge >= 0.3 is 6.18 Å². The van der Waals surface area contributed by atoms with Gasteiger partial charge in [-0.3, -0.25) is 19.2 Å². The van der Waals surface area contributed by atoms with Crippen molar-refractivity contribution in [2.75, 3.05) is 70.9 Å². The summed E-state index contributed by atoms with van der Waals surface area (Å²) >= 11 is 0.886. The topological polar surface area (TPSA) is 102 Å². The smallest absolute Gasteiger partial charge is 0.340 e. The van der Waals surface area contributed by atoms with Crippen LogP contribution in [0, 0.1) is 0 Å². The molecule has 3 fully saturated rings. The molecule has 4 aliphatic heterocycles. The second-order valence-electron chi connectivity index (χ2n) is 14.5. The maximum absolute atomic E-state index is 14.2. The number of rotatable bonds is 11. The van der Waals surface area contributed by atoms with Crippen LogP contribution in [-0.4, -0.2) is 137 Å². The summed E-state index contributed by atoms with van der Waals surface area (Å²) in [6.45, 7) is 11.3. The molecule has 11 nitrogen and oxygen atoms in total. The van der Waals surface area contributed by atoms with Gasteiger partial charge in [0.05, 0.1) is 23.3 Å². The lowest BCUT2D eigenvalue weighted by molar-refractivity contribution is -0.140. The molecule has 6 rings (SSSR count). The van der Waals surface area contributed by atoms with Gasteiger partial charge in [0.15, 0.2) is 0 Å². The molecule has 51 heavy (non-hydrogen) atoms. The van der Waals surface area contributed by atoms with E-state index < -0.39 is 21.8 Å². The van der Waals surface area contributed by atoms with Crippen LogP contribution in [0.5, 0.6) is 0 Å². The van der Waals surface area contributed by atoms with Crippen molar-refractivity contribution >= 4 is 33.6 Å². The summed E-state index contributed by atoms with van der Waals surface area (Å²) in [5.41, 5.74) is 1.74. The average Bonchev–Trinajstić information content (AvgIpc) is 3.69. The average molecular weight is 754 g/mol. The zero-order chi connectivity index (χ0) is 36.5. The zero-order valence-corrected chi connectivity index (χ0v) is 31.5. The first-order valence-corrected chi connectivity index (χ1v) is 20.9. The van der Waals surface area contributed by atoms with E-state index in [0.29, 0.717) is 67.9 Å². The number of amides is 2. The first kappa shape index (κ1) is 38.1. The lowest BCUT2D eigenvalue weighted by atomic mass is 10.0. The molecule has 3 saturated heterocycles. The molecule has 0 spiro atoms. The number of nitrogens with zero attached hydrogens (tertiary/aromatic N) is 7. The highest BCUT2D eigenvalue weighted by atomic mass is 32.2. The minimum Gasteiger partial charge on any atom is -0.340 e. The number of hydrogen-bond acceptors (Lipinski definition) is 8. The number of aryl methyl sites for hydroxylation is 1. The summed E-state index contributed by atoms with van der Waals surface area (Å²) in [5, 5.41) is 4.92. The summed E-state index contributed by atoms with van der Waals surface area (Å²) in [6.07, 6.45) is 1.32. The molecule has 282 valence electrons. The highest BCUT2D eigenvalue weighted by Crippen LogP contribution is 2.40. The van der Waals surface area contributed by atoms with E-state index in [1.807, 2.05) is 9.58 Å². The second-order valence-corrected chi connectivity index (χ2v) is 17.5. The van der Waals surface area contributed by atoms with Crippen molar-refractivity contribution in [1.82, 2.24) is 33.7 Å². The van der Waals surface area contributed by atoms with Crippen molar-refractivity contribution in [2.45, 2.75) is 88.6 Å². The van der Waals surface area contributed by atoms with Crippen molar-refractivity contribution in [3.05, 3.63) is 35.0 Å². The lowest BCUT2D eigenvalue weighted by Gasteiger charge is -2.36. The van der Waals surface area contributed by atoms with Gasteiger partial charge < -0.3 is 14.7 Å². The van der Waals surface area contributed by atoms with Gasteiger partial charge in [0.1, 0.15) is 0 Å². The molecule has 16 heteroatoms. The van der Waals surface area contributed by atoms with E-state index in [4.69, 9.17) is 5.10 Å². The third kappa shape index (κ3) is 8.94. The van der Waals surface area contributed by atoms with Crippen molar-refractivity contribution in [3.63, 3.8) is 0 Å². The Morgan fingerprint density at radius 3 is 2.35 bits per heavy atom. The summed E-state index contributed by atoms with van der Waals surface area (Å²) in [7, 11) is -3.51. The quantitative estimate of drug-likeness (QED) is 0.318. The van der Waals surface area contributed by atoms with Gasteiger partial charge in [0.2, 0.25) is 21.8 Å². The lowest BCUT2D eigenvalue weighted by Crippen LogP contribution is -2.51. The Morgan fingerprint density at radius 2 is 1.73 bits per heavy atom. The van der Waals surface area contributed by atoms with Crippen LogP contribution in [0.1, 0.15) is 62.8 Å². The molecule has 2 aromatic rings. The highest BCUT2D eigenvalue weighted by molar-refractivity contribution is 8.00. The van der Waals surface area contributed by atoms with Crippen molar-refractivity contribution < 1.29 is 31.2 Å². The van der Waals surface area contributed by atoms with E-state index in [2.05, 4.69) is 23.6 Å². The van der Waals surface area contributed by atoms with Gasteiger partial charge in [-0.25, -0.2) is 8.42 Å². The largest absolute Gasteiger partial charge is 0.417 e. The second kappa shape index (κ2) is 15.7. The highest BCUT2D eigenvalue weighted by Gasteiger charge is 2.36. The Kier molecular flexibility index (Phi) is 11.8. The fraction of sp³-hybridized carbons (Fsp3) is 0.686. The van der Waals surface area contributed by atoms with Crippen LogP contribution in [0.2, 0.25) is 0 Å². The Bertz CT molecular complexity index is 1680. The van der Waals surface area contributed by atoms with E-state index in [-0.39, 0.29) is 29.0 Å². The normalized spacial score (nSPS) is 20.5. The fourth-order valence-corrected chi connectivity index (χ4v) is 9.66. The maximum Gasteiger partial charge on any atom is 0.417 e. The maximum atomic E-state index is 14.2. The van der Waals surface area contributed by atoms with Gasteiger partial charge in [-0.1, -0.05) is 6.07 Å². The number of carbonyl (C=O) groups excluding carboxylic acids is 2. The molecule has 1 aromatic carbocycles. The van der Waals surface area contributed by atoms with Crippen LogP contribution >= 0.6 is 11.8 Å². The number of piperazine rings is 1. The van der Waals surface area contributed by atoms with E-state index in [9.17, 15) is 31.2 Å². The molecule has 4 aliphatic rings. The molecule has 2 amide bonds. The van der Waals surface area contributed by atoms with Gasteiger partial charge in [0.25, 0.3) is 0 Å². The molecular weight excluding hydrogens is 704 g/mol. The summed E-state index contributed by atoms with van der Waals surface area (Å²) in [5.74, 6) is -0.0416. The predicted octanol–water partition coefficient (Wildman–Crippen LogP) is 4.01. The van der Waals surface area contributed by atoms with Gasteiger partial charge in [-0.05, 0) is 58.2 Å².